The molecule has 4 nitrogen and oxygen atoms in total. The van der Waals surface area contributed by atoms with E-state index in [0.29, 0.717) is 18.2 Å². The Morgan fingerprint density at radius 1 is 1.14 bits per heavy atom. The van der Waals surface area contributed by atoms with Gasteiger partial charge in [0.05, 0.1) is 11.8 Å². The topological polar surface area (TPSA) is 50.3 Å². The third-order valence-electron chi connectivity index (χ3n) is 4.72. The highest BCUT2D eigenvalue weighted by atomic mass is 32.2. The van der Waals surface area contributed by atoms with Crippen molar-refractivity contribution in [3.05, 3.63) is 16.6 Å². The van der Waals surface area contributed by atoms with E-state index in [1.54, 1.807) is 21.8 Å². The highest BCUT2D eigenvalue weighted by Gasteiger charge is 2.36. The Bertz CT molecular complexity index is 536. The quantitative estimate of drug-likeness (QED) is 0.849. The number of thiazole rings is 1. The molecule has 0 unspecified atom stereocenters. The monoisotopic (exact) mass is 328 g/mol. The maximum atomic E-state index is 12.9. The fraction of sp³-hybridized carbons (Fsp3) is 0.800. The second-order valence-corrected chi connectivity index (χ2v) is 9.17. The molecule has 0 aromatic carbocycles. The molecule has 2 fully saturated rings. The third kappa shape index (κ3) is 3.66. The summed E-state index contributed by atoms with van der Waals surface area (Å²) in [5.41, 5.74) is 0. The highest BCUT2D eigenvalue weighted by molar-refractivity contribution is 7.89. The zero-order valence-corrected chi connectivity index (χ0v) is 14.0. The number of aromatic nitrogens is 1. The van der Waals surface area contributed by atoms with Crippen LogP contribution >= 0.6 is 11.3 Å². The molecular formula is C15H24N2O2S2. The fourth-order valence-electron chi connectivity index (χ4n) is 3.63. The van der Waals surface area contributed by atoms with Gasteiger partial charge in [-0.3, -0.25) is 0 Å². The van der Waals surface area contributed by atoms with Crippen LogP contribution in [-0.4, -0.2) is 30.0 Å². The summed E-state index contributed by atoms with van der Waals surface area (Å²) in [4.78, 5) is 4.36. The second-order valence-electron chi connectivity index (χ2n) is 6.28. The summed E-state index contributed by atoms with van der Waals surface area (Å²) >= 11 is 1.58. The molecule has 1 aromatic rings. The van der Waals surface area contributed by atoms with Gasteiger partial charge >= 0.3 is 0 Å². The minimum absolute atomic E-state index is 0.0210. The van der Waals surface area contributed by atoms with E-state index in [2.05, 4.69) is 4.98 Å². The summed E-state index contributed by atoms with van der Waals surface area (Å²) in [5, 5.41) is 2.90. The van der Waals surface area contributed by atoms with Crippen molar-refractivity contribution in [3.8, 4) is 0 Å². The molecule has 3 rings (SSSR count). The van der Waals surface area contributed by atoms with Gasteiger partial charge < -0.3 is 0 Å². The minimum Gasteiger partial charge on any atom is -0.248 e. The molecule has 6 heteroatoms. The largest absolute Gasteiger partial charge is 0.248 e. The predicted octanol–water partition coefficient (Wildman–Crippen LogP) is 3.58. The maximum Gasteiger partial charge on any atom is 0.215 e. The first-order valence-corrected chi connectivity index (χ1v) is 10.5. The number of nitrogens with zero attached hydrogens (tertiary/aromatic N) is 2. The maximum absolute atomic E-state index is 12.9. The first-order chi connectivity index (χ1) is 10.2. The van der Waals surface area contributed by atoms with Gasteiger partial charge in [0.2, 0.25) is 10.0 Å². The van der Waals surface area contributed by atoms with Crippen molar-refractivity contribution in [2.45, 2.75) is 57.4 Å². The zero-order valence-electron chi connectivity index (χ0n) is 12.4. The molecule has 1 aromatic heterocycles. The fourth-order valence-corrected chi connectivity index (χ4v) is 6.60. The van der Waals surface area contributed by atoms with Gasteiger partial charge in [-0.2, -0.15) is 4.31 Å². The summed E-state index contributed by atoms with van der Waals surface area (Å²) in [6.45, 7) is 0.666. The van der Waals surface area contributed by atoms with E-state index in [-0.39, 0.29) is 6.04 Å². The second kappa shape index (κ2) is 6.75. The Balaban J connectivity index is 1.75. The van der Waals surface area contributed by atoms with Gasteiger partial charge in [0.25, 0.3) is 0 Å². The number of rotatable bonds is 4. The molecule has 0 bridgehead atoms. The third-order valence-corrected chi connectivity index (χ3v) is 7.64. The Labute approximate surface area is 131 Å². The van der Waals surface area contributed by atoms with Crippen LogP contribution in [0.2, 0.25) is 0 Å². The molecule has 21 heavy (non-hydrogen) atoms. The van der Waals surface area contributed by atoms with Crippen LogP contribution in [0.4, 0.5) is 0 Å². The number of piperidine rings is 1. The molecule has 0 amide bonds. The van der Waals surface area contributed by atoms with E-state index in [4.69, 9.17) is 0 Å². The van der Waals surface area contributed by atoms with Crippen molar-refractivity contribution in [1.82, 2.24) is 9.29 Å². The lowest BCUT2D eigenvalue weighted by Crippen LogP contribution is -2.41. The van der Waals surface area contributed by atoms with Crippen molar-refractivity contribution in [2.75, 3.05) is 12.3 Å². The van der Waals surface area contributed by atoms with E-state index in [9.17, 15) is 8.42 Å². The molecule has 1 saturated heterocycles. The van der Waals surface area contributed by atoms with E-state index in [0.717, 1.165) is 37.1 Å². The Kier molecular flexibility index (Phi) is 4.96. The highest BCUT2D eigenvalue weighted by Crippen LogP contribution is 2.35. The SMILES string of the molecule is O=S(=O)(CC1CCCCC1)N1CCCC[C@H]1c1nccs1. The van der Waals surface area contributed by atoms with Gasteiger partial charge in [0.15, 0.2) is 0 Å². The molecule has 1 saturated carbocycles. The van der Waals surface area contributed by atoms with Crippen LogP contribution in [0, 0.1) is 5.92 Å². The summed E-state index contributed by atoms with van der Waals surface area (Å²) in [6, 6.07) is -0.0210. The van der Waals surface area contributed by atoms with E-state index < -0.39 is 10.0 Å². The smallest absolute Gasteiger partial charge is 0.215 e. The predicted molar refractivity (Wildman–Crippen MR) is 85.8 cm³/mol. The van der Waals surface area contributed by atoms with Crippen LogP contribution < -0.4 is 0 Å². The van der Waals surface area contributed by atoms with Crippen molar-refractivity contribution < 1.29 is 8.42 Å². The van der Waals surface area contributed by atoms with Crippen molar-refractivity contribution in [3.63, 3.8) is 0 Å². The van der Waals surface area contributed by atoms with E-state index >= 15 is 0 Å². The average Bonchev–Trinajstić information content (AvgIpc) is 3.02. The molecule has 0 N–H and O–H groups in total. The molecular weight excluding hydrogens is 304 g/mol. The van der Waals surface area contributed by atoms with Crippen molar-refractivity contribution >= 4 is 21.4 Å². The van der Waals surface area contributed by atoms with Crippen LogP contribution in [0.25, 0.3) is 0 Å². The average molecular weight is 329 g/mol. The Morgan fingerprint density at radius 3 is 2.62 bits per heavy atom. The number of sulfonamides is 1. The number of hydrogen-bond donors (Lipinski definition) is 0. The lowest BCUT2D eigenvalue weighted by Gasteiger charge is -2.35. The molecule has 1 atom stereocenters. The molecule has 1 aliphatic heterocycles. The molecule has 1 aliphatic carbocycles. The van der Waals surface area contributed by atoms with Crippen LogP contribution in [0.3, 0.4) is 0 Å². The van der Waals surface area contributed by atoms with Gasteiger partial charge in [0, 0.05) is 18.1 Å². The van der Waals surface area contributed by atoms with Crippen LogP contribution in [0.1, 0.15) is 62.4 Å². The number of hydrogen-bond acceptors (Lipinski definition) is 4. The van der Waals surface area contributed by atoms with E-state index in [1.165, 1.54) is 19.3 Å². The normalized spacial score (nSPS) is 26.0. The zero-order chi connectivity index (χ0) is 14.7. The van der Waals surface area contributed by atoms with E-state index in [1.807, 2.05) is 5.38 Å². The summed E-state index contributed by atoms with van der Waals surface area (Å²) in [6.07, 6.45) is 10.6. The van der Waals surface area contributed by atoms with Crippen LogP contribution in [-0.2, 0) is 10.0 Å². The van der Waals surface area contributed by atoms with Crippen LogP contribution in [0.5, 0.6) is 0 Å². The van der Waals surface area contributed by atoms with Gasteiger partial charge in [-0.15, -0.1) is 11.3 Å². The van der Waals surface area contributed by atoms with Crippen molar-refractivity contribution in [2.24, 2.45) is 5.92 Å². The summed E-state index contributed by atoms with van der Waals surface area (Å²) < 4.78 is 27.5. The lowest BCUT2D eigenvalue weighted by molar-refractivity contribution is 0.252. The Hall–Kier alpha value is -0.460. The summed E-state index contributed by atoms with van der Waals surface area (Å²) in [5.74, 6) is 0.706. The molecule has 2 aliphatic rings. The first kappa shape index (κ1) is 15.4. The van der Waals surface area contributed by atoms with Gasteiger partial charge in [-0.25, -0.2) is 13.4 Å². The first-order valence-electron chi connectivity index (χ1n) is 8.06. The molecule has 0 spiro atoms. The Morgan fingerprint density at radius 2 is 1.90 bits per heavy atom. The van der Waals surface area contributed by atoms with Gasteiger partial charge in [-0.1, -0.05) is 25.7 Å². The van der Waals surface area contributed by atoms with Gasteiger partial charge in [0.1, 0.15) is 5.01 Å². The van der Waals surface area contributed by atoms with Crippen LogP contribution in [0.15, 0.2) is 11.6 Å². The summed E-state index contributed by atoms with van der Waals surface area (Å²) in [7, 11) is -3.16. The molecule has 2 heterocycles. The minimum atomic E-state index is -3.16. The lowest BCUT2D eigenvalue weighted by atomic mass is 9.91. The van der Waals surface area contributed by atoms with Crippen molar-refractivity contribution in [1.29, 1.82) is 0 Å². The molecule has 118 valence electrons. The standard InChI is InChI=1S/C15H24N2O2S2/c18-21(19,12-13-6-2-1-3-7-13)17-10-5-4-8-14(17)15-16-9-11-20-15/h9,11,13-14H,1-8,10,12H2/t14-/m0/s1. The van der Waals surface area contributed by atoms with Gasteiger partial charge in [-0.05, 0) is 31.6 Å². The molecule has 0 radical (unpaired) electrons.